The van der Waals surface area contributed by atoms with Crippen LogP contribution in [0.1, 0.15) is 0 Å². The van der Waals surface area contributed by atoms with E-state index in [0.717, 1.165) is 11.7 Å². The zero-order valence-corrected chi connectivity index (χ0v) is 19.1. The Bertz CT molecular complexity index is 1590. The smallest absolute Gasteiger partial charge is 0.265 e. The average Bonchev–Trinajstić information content (AvgIpc) is 3.25. The van der Waals surface area contributed by atoms with Crippen molar-refractivity contribution < 1.29 is 8.42 Å². The summed E-state index contributed by atoms with van der Waals surface area (Å²) in [5, 5.41) is 3.88. The second-order valence-corrected chi connectivity index (χ2v) is 9.68. The van der Waals surface area contributed by atoms with Crippen LogP contribution in [0, 0.1) is 0 Å². The Kier molecular flexibility index (Phi) is 5.30. The Balaban J connectivity index is 1.63. The molecule has 32 heavy (non-hydrogen) atoms. The lowest BCUT2D eigenvalue weighted by Crippen LogP contribution is -2.16. The fourth-order valence-electron chi connectivity index (χ4n) is 3.06. The Hall–Kier alpha value is -3.05. The van der Waals surface area contributed by atoms with Gasteiger partial charge in [-0.3, -0.25) is 4.72 Å². The molecule has 0 aliphatic rings. The summed E-state index contributed by atoms with van der Waals surface area (Å²) in [5.41, 5.74) is 2.32. The van der Waals surface area contributed by atoms with Crippen LogP contribution in [-0.4, -0.2) is 27.1 Å². The molecular formula is C20H12Cl2N6O2S2. The molecule has 12 heteroatoms. The second kappa shape index (κ2) is 8.14. The number of fused-ring (bicyclic) bond motifs is 2. The topological polar surface area (TPSA) is 110 Å². The van der Waals surface area contributed by atoms with E-state index in [1.807, 2.05) is 6.07 Å². The van der Waals surface area contributed by atoms with Gasteiger partial charge in [0.05, 0.1) is 33.5 Å². The van der Waals surface area contributed by atoms with Gasteiger partial charge in [0.15, 0.2) is 11.6 Å². The fraction of sp³-hybridized carbons (Fsp3) is 0. The van der Waals surface area contributed by atoms with Gasteiger partial charge in [-0.2, -0.15) is 8.75 Å². The Morgan fingerprint density at radius 3 is 2.31 bits per heavy atom. The number of nitrogens with one attached hydrogen (secondary N) is 2. The minimum absolute atomic E-state index is 0.0000611. The van der Waals surface area contributed by atoms with E-state index in [0.29, 0.717) is 32.3 Å². The van der Waals surface area contributed by atoms with Gasteiger partial charge in [0.2, 0.25) is 0 Å². The molecule has 0 aliphatic carbocycles. The predicted molar refractivity (Wildman–Crippen MR) is 128 cm³/mol. The van der Waals surface area contributed by atoms with Gasteiger partial charge in [-0.05, 0) is 42.5 Å². The summed E-state index contributed by atoms with van der Waals surface area (Å²) in [4.78, 5) is 9.01. The third-order valence-corrected chi connectivity index (χ3v) is 7.00. The van der Waals surface area contributed by atoms with Crippen molar-refractivity contribution in [3.63, 3.8) is 0 Å². The van der Waals surface area contributed by atoms with Gasteiger partial charge in [0.25, 0.3) is 10.0 Å². The normalized spacial score (nSPS) is 11.7. The summed E-state index contributed by atoms with van der Waals surface area (Å²) in [5.74, 6) is 0.167. The van der Waals surface area contributed by atoms with Crippen molar-refractivity contribution in [1.29, 1.82) is 0 Å². The molecule has 5 rings (SSSR count). The SMILES string of the molecule is O=S(=O)(Nc1nc2ccccc2nc1Nc1cc(Cl)ccc1Cl)c1cccc2nsnc12. The maximum absolute atomic E-state index is 13.3. The number of rotatable bonds is 5. The highest BCUT2D eigenvalue weighted by atomic mass is 35.5. The highest BCUT2D eigenvalue weighted by Crippen LogP contribution is 2.32. The molecule has 0 spiro atoms. The number of anilines is 3. The molecular weight excluding hydrogens is 491 g/mol. The molecule has 0 atom stereocenters. The molecule has 3 aromatic carbocycles. The van der Waals surface area contributed by atoms with Crippen molar-refractivity contribution in [1.82, 2.24) is 18.7 Å². The van der Waals surface area contributed by atoms with Crippen molar-refractivity contribution >= 4 is 84.3 Å². The van der Waals surface area contributed by atoms with Crippen LogP contribution >= 0.6 is 34.9 Å². The molecule has 5 aromatic rings. The first-order chi connectivity index (χ1) is 15.4. The third-order valence-electron chi connectivity index (χ3n) is 4.52. The largest absolute Gasteiger partial charge is 0.336 e. The maximum atomic E-state index is 13.3. The Morgan fingerprint density at radius 1 is 0.812 bits per heavy atom. The van der Waals surface area contributed by atoms with Crippen molar-refractivity contribution in [2.75, 3.05) is 10.0 Å². The molecule has 2 heterocycles. The lowest BCUT2D eigenvalue weighted by Gasteiger charge is -2.15. The van der Waals surface area contributed by atoms with Crippen molar-refractivity contribution in [3.05, 3.63) is 70.7 Å². The van der Waals surface area contributed by atoms with E-state index in [-0.39, 0.29) is 22.0 Å². The molecule has 0 aliphatic heterocycles. The zero-order chi connectivity index (χ0) is 22.3. The van der Waals surface area contributed by atoms with E-state index in [1.165, 1.54) is 6.07 Å². The van der Waals surface area contributed by atoms with Crippen LogP contribution in [0.25, 0.3) is 22.1 Å². The van der Waals surface area contributed by atoms with Gasteiger partial charge in [-0.25, -0.2) is 18.4 Å². The number of nitrogens with zero attached hydrogens (tertiary/aromatic N) is 4. The van der Waals surface area contributed by atoms with Crippen LogP contribution in [0.3, 0.4) is 0 Å². The standard InChI is InChI=1S/C20H12Cl2N6O2S2/c21-11-8-9-12(22)16(10-11)25-19-20(24-14-5-2-1-4-13(14)23-19)28-32(29,30)17-7-3-6-15-18(17)27-31-26-15/h1-10H,(H,23,25)(H,24,28). The van der Waals surface area contributed by atoms with Crippen molar-refractivity contribution in [2.45, 2.75) is 4.90 Å². The Morgan fingerprint density at radius 2 is 1.53 bits per heavy atom. The van der Waals surface area contributed by atoms with Gasteiger partial charge in [-0.15, -0.1) is 0 Å². The summed E-state index contributed by atoms with van der Waals surface area (Å²) >= 11 is 13.3. The van der Waals surface area contributed by atoms with Crippen LogP contribution in [-0.2, 0) is 10.0 Å². The van der Waals surface area contributed by atoms with E-state index < -0.39 is 10.0 Å². The fourth-order valence-corrected chi connectivity index (χ4v) is 5.17. The highest BCUT2D eigenvalue weighted by molar-refractivity contribution is 7.93. The number of hydrogen-bond donors (Lipinski definition) is 2. The number of aromatic nitrogens is 4. The number of halogens is 2. The van der Waals surface area contributed by atoms with Crippen LogP contribution in [0.2, 0.25) is 10.0 Å². The van der Waals surface area contributed by atoms with E-state index in [4.69, 9.17) is 23.2 Å². The van der Waals surface area contributed by atoms with Gasteiger partial charge >= 0.3 is 0 Å². The molecule has 0 unspecified atom stereocenters. The van der Waals surface area contributed by atoms with Crippen LogP contribution in [0.4, 0.5) is 17.3 Å². The molecule has 0 radical (unpaired) electrons. The first kappa shape index (κ1) is 20.8. The summed E-state index contributed by atoms with van der Waals surface area (Å²) in [7, 11) is -4.06. The molecule has 0 saturated carbocycles. The molecule has 2 N–H and O–H groups in total. The number of benzene rings is 3. The number of para-hydroxylation sites is 2. The second-order valence-electron chi connectivity index (χ2n) is 6.65. The molecule has 0 fully saturated rings. The lowest BCUT2D eigenvalue weighted by atomic mass is 10.3. The molecule has 8 nitrogen and oxygen atoms in total. The van der Waals surface area contributed by atoms with E-state index in [2.05, 4.69) is 28.8 Å². The Labute approximate surface area is 196 Å². The summed E-state index contributed by atoms with van der Waals surface area (Å²) in [6.07, 6.45) is 0. The number of sulfonamides is 1. The number of hydrogen-bond acceptors (Lipinski definition) is 8. The average molecular weight is 503 g/mol. The summed E-state index contributed by atoms with van der Waals surface area (Å²) < 4.78 is 37.3. The van der Waals surface area contributed by atoms with Crippen LogP contribution in [0.15, 0.2) is 65.6 Å². The quantitative estimate of drug-likeness (QED) is 0.327. The van der Waals surface area contributed by atoms with Gasteiger partial charge in [-0.1, -0.05) is 41.4 Å². The van der Waals surface area contributed by atoms with Gasteiger partial charge in [0.1, 0.15) is 15.9 Å². The zero-order valence-electron chi connectivity index (χ0n) is 16.0. The van der Waals surface area contributed by atoms with E-state index in [9.17, 15) is 8.42 Å². The summed E-state index contributed by atoms with van der Waals surface area (Å²) in [6.45, 7) is 0. The predicted octanol–water partition coefficient (Wildman–Crippen LogP) is 5.49. The molecule has 0 bridgehead atoms. The first-order valence-electron chi connectivity index (χ1n) is 9.14. The van der Waals surface area contributed by atoms with Crippen molar-refractivity contribution in [2.24, 2.45) is 0 Å². The third kappa shape index (κ3) is 3.93. The molecule has 2 aromatic heterocycles. The minimum atomic E-state index is -4.06. The van der Waals surface area contributed by atoms with Crippen LogP contribution in [0.5, 0.6) is 0 Å². The lowest BCUT2D eigenvalue weighted by molar-refractivity contribution is 0.602. The van der Waals surface area contributed by atoms with E-state index in [1.54, 1.807) is 48.5 Å². The molecule has 0 saturated heterocycles. The van der Waals surface area contributed by atoms with Gasteiger partial charge in [0, 0.05) is 5.02 Å². The maximum Gasteiger partial charge on any atom is 0.265 e. The van der Waals surface area contributed by atoms with Crippen LogP contribution < -0.4 is 10.0 Å². The monoisotopic (exact) mass is 502 g/mol. The van der Waals surface area contributed by atoms with Gasteiger partial charge < -0.3 is 5.32 Å². The molecule has 160 valence electrons. The highest BCUT2D eigenvalue weighted by Gasteiger charge is 2.23. The minimum Gasteiger partial charge on any atom is -0.336 e. The summed E-state index contributed by atoms with van der Waals surface area (Å²) in [6, 6.07) is 16.8. The van der Waals surface area contributed by atoms with E-state index >= 15 is 0 Å². The van der Waals surface area contributed by atoms with Crippen molar-refractivity contribution in [3.8, 4) is 0 Å². The first-order valence-corrected chi connectivity index (χ1v) is 12.1. The molecule has 0 amide bonds.